The van der Waals surface area contributed by atoms with E-state index < -0.39 is 5.97 Å². The van der Waals surface area contributed by atoms with Crippen LogP contribution in [0.2, 0.25) is 5.02 Å². The van der Waals surface area contributed by atoms with Crippen LogP contribution in [-0.2, 0) is 4.79 Å². The zero-order chi connectivity index (χ0) is 16.7. The fourth-order valence-corrected chi connectivity index (χ4v) is 2.48. The van der Waals surface area contributed by atoms with Gasteiger partial charge in [-0.25, -0.2) is 0 Å². The Morgan fingerprint density at radius 1 is 1.17 bits per heavy atom. The lowest BCUT2D eigenvalue weighted by molar-refractivity contribution is -0.138. The van der Waals surface area contributed by atoms with Gasteiger partial charge in [0.2, 0.25) is 0 Å². The molecule has 0 radical (unpaired) electrons. The van der Waals surface area contributed by atoms with E-state index in [1.165, 1.54) is 0 Å². The van der Waals surface area contributed by atoms with Gasteiger partial charge >= 0.3 is 5.97 Å². The van der Waals surface area contributed by atoms with Crippen LogP contribution in [0, 0.1) is 0 Å². The first kappa shape index (κ1) is 17.3. The van der Waals surface area contributed by atoms with Gasteiger partial charge in [0, 0.05) is 13.0 Å². The molecule has 2 rings (SSSR count). The van der Waals surface area contributed by atoms with Crippen LogP contribution in [0.5, 0.6) is 5.75 Å². The quantitative estimate of drug-likeness (QED) is 0.796. The molecule has 4 nitrogen and oxygen atoms in total. The molecule has 1 unspecified atom stereocenters. The van der Waals surface area contributed by atoms with Crippen LogP contribution in [0.4, 0.5) is 0 Å². The highest BCUT2D eigenvalue weighted by Gasteiger charge is 2.16. The van der Waals surface area contributed by atoms with E-state index in [4.69, 9.17) is 21.4 Å². The first-order valence-electron chi connectivity index (χ1n) is 7.42. The Balaban J connectivity index is 2.10. The Labute approximate surface area is 141 Å². The summed E-state index contributed by atoms with van der Waals surface area (Å²) in [7, 11) is 1.78. The van der Waals surface area contributed by atoms with Crippen molar-refractivity contribution in [2.45, 2.75) is 12.5 Å². The third-order valence-electron chi connectivity index (χ3n) is 3.46. The van der Waals surface area contributed by atoms with E-state index in [1.807, 2.05) is 48.5 Å². The van der Waals surface area contributed by atoms with Gasteiger partial charge in [0.1, 0.15) is 11.9 Å². The van der Waals surface area contributed by atoms with Gasteiger partial charge in [0.15, 0.2) is 0 Å². The number of carboxylic acid groups (broad SMARTS) is 1. The number of para-hydroxylation sites is 1. The molecule has 0 spiro atoms. The maximum absolute atomic E-state index is 10.8. The van der Waals surface area contributed by atoms with E-state index in [-0.39, 0.29) is 12.6 Å². The van der Waals surface area contributed by atoms with Gasteiger partial charge in [0.05, 0.1) is 11.6 Å². The van der Waals surface area contributed by atoms with E-state index in [2.05, 4.69) is 0 Å². The molecule has 5 heteroatoms. The first-order valence-corrected chi connectivity index (χ1v) is 7.80. The minimum absolute atomic E-state index is 0.00754. The Kier molecular flexibility index (Phi) is 6.44. The molecule has 0 heterocycles. The second kappa shape index (κ2) is 8.56. The van der Waals surface area contributed by atoms with Crippen LogP contribution < -0.4 is 4.74 Å². The molecule has 1 atom stereocenters. The number of nitrogens with zero attached hydrogens (tertiary/aromatic N) is 1. The third-order valence-corrected chi connectivity index (χ3v) is 3.77. The Morgan fingerprint density at radius 2 is 1.83 bits per heavy atom. The number of likely N-dealkylation sites (N-methyl/N-ethyl adjacent to an activating group) is 1. The molecule has 0 amide bonds. The maximum Gasteiger partial charge on any atom is 0.317 e. The molecular formula is C18H20ClNO3. The highest BCUT2D eigenvalue weighted by molar-refractivity contribution is 6.32. The number of halogens is 1. The normalized spacial score (nSPS) is 12.1. The van der Waals surface area contributed by atoms with Crippen LogP contribution in [-0.4, -0.2) is 36.1 Å². The summed E-state index contributed by atoms with van der Waals surface area (Å²) in [5.74, 6) is -0.209. The van der Waals surface area contributed by atoms with E-state index >= 15 is 0 Å². The Morgan fingerprint density at radius 3 is 2.48 bits per heavy atom. The number of ether oxygens (including phenoxy) is 1. The van der Waals surface area contributed by atoms with Gasteiger partial charge in [-0.15, -0.1) is 0 Å². The molecule has 0 aromatic heterocycles. The van der Waals surface area contributed by atoms with Crippen LogP contribution in [0.3, 0.4) is 0 Å². The van der Waals surface area contributed by atoms with Crippen molar-refractivity contribution in [1.29, 1.82) is 0 Å². The molecule has 2 aromatic rings. The Hall–Kier alpha value is -2.04. The van der Waals surface area contributed by atoms with Gasteiger partial charge in [-0.2, -0.15) is 0 Å². The lowest BCUT2D eigenvalue weighted by atomic mass is 10.1. The summed E-state index contributed by atoms with van der Waals surface area (Å²) < 4.78 is 6.08. The second-order valence-electron chi connectivity index (χ2n) is 5.37. The van der Waals surface area contributed by atoms with E-state index in [0.29, 0.717) is 23.7 Å². The average molecular weight is 334 g/mol. The molecule has 2 aromatic carbocycles. The average Bonchev–Trinajstić information content (AvgIpc) is 2.53. The first-order chi connectivity index (χ1) is 11.1. The molecule has 122 valence electrons. The van der Waals surface area contributed by atoms with Crippen molar-refractivity contribution in [3.63, 3.8) is 0 Å². The molecule has 0 fully saturated rings. The summed E-state index contributed by atoms with van der Waals surface area (Å²) in [5.41, 5.74) is 1.04. The summed E-state index contributed by atoms with van der Waals surface area (Å²) in [6, 6.07) is 17.2. The zero-order valence-electron chi connectivity index (χ0n) is 13.0. The number of carboxylic acids is 1. The number of carbonyl (C=O) groups is 1. The standard InChI is InChI=1S/C18H20ClNO3/c1-20(13-18(21)22)12-11-16(14-7-3-2-4-8-14)23-17-10-6-5-9-15(17)19/h2-10,16H,11-13H2,1H3,(H,21,22). The van der Waals surface area contributed by atoms with Crippen molar-refractivity contribution in [2.24, 2.45) is 0 Å². The largest absolute Gasteiger partial charge is 0.484 e. The van der Waals surface area contributed by atoms with Crippen molar-refractivity contribution in [2.75, 3.05) is 20.1 Å². The predicted molar refractivity (Wildman–Crippen MR) is 91.0 cm³/mol. The molecule has 23 heavy (non-hydrogen) atoms. The smallest absolute Gasteiger partial charge is 0.317 e. The molecular weight excluding hydrogens is 314 g/mol. The molecule has 0 saturated carbocycles. The van der Waals surface area contributed by atoms with Crippen molar-refractivity contribution in [1.82, 2.24) is 4.90 Å². The molecule has 0 aliphatic rings. The van der Waals surface area contributed by atoms with Crippen molar-refractivity contribution >= 4 is 17.6 Å². The van der Waals surface area contributed by atoms with Crippen molar-refractivity contribution < 1.29 is 14.6 Å². The van der Waals surface area contributed by atoms with E-state index in [0.717, 1.165) is 5.56 Å². The molecule has 0 aliphatic carbocycles. The third kappa shape index (κ3) is 5.58. The van der Waals surface area contributed by atoms with Gasteiger partial charge in [-0.1, -0.05) is 54.1 Å². The monoisotopic (exact) mass is 333 g/mol. The molecule has 0 aliphatic heterocycles. The SMILES string of the molecule is CN(CCC(Oc1ccccc1Cl)c1ccccc1)CC(=O)O. The topological polar surface area (TPSA) is 49.8 Å². The van der Waals surface area contributed by atoms with Gasteiger partial charge in [0.25, 0.3) is 0 Å². The minimum Gasteiger partial charge on any atom is -0.484 e. The minimum atomic E-state index is -0.837. The van der Waals surface area contributed by atoms with Gasteiger partial charge in [-0.05, 0) is 24.7 Å². The molecule has 0 saturated heterocycles. The molecule has 1 N–H and O–H groups in total. The summed E-state index contributed by atoms with van der Waals surface area (Å²) in [6.45, 7) is 0.615. The number of hydrogen-bond donors (Lipinski definition) is 1. The molecule has 0 bridgehead atoms. The lowest BCUT2D eigenvalue weighted by Crippen LogP contribution is -2.28. The van der Waals surface area contributed by atoms with E-state index in [9.17, 15) is 4.79 Å². The van der Waals surface area contributed by atoms with Gasteiger partial charge in [-0.3, -0.25) is 9.69 Å². The number of aliphatic carboxylic acids is 1. The lowest BCUT2D eigenvalue weighted by Gasteiger charge is -2.23. The number of benzene rings is 2. The van der Waals surface area contributed by atoms with Crippen molar-refractivity contribution in [3.8, 4) is 5.75 Å². The highest BCUT2D eigenvalue weighted by atomic mass is 35.5. The van der Waals surface area contributed by atoms with Crippen LogP contribution in [0.15, 0.2) is 54.6 Å². The number of rotatable bonds is 8. The summed E-state index contributed by atoms with van der Waals surface area (Å²) in [4.78, 5) is 12.5. The summed E-state index contributed by atoms with van der Waals surface area (Å²) in [6.07, 6.45) is 0.478. The number of hydrogen-bond acceptors (Lipinski definition) is 3. The maximum atomic E-state index is 10.8. The van der Waals surface area contributed by atoms with Crippen LogP contribution >= 0.6 is 11.6 Å². The zero-order valence-corrected chi connectivity index (χ0v) is 13.7. The predicted octanol–water partition coefficient (Wildman–Crippen LogP) is 3.87. The fraction of sp³-hybridized carbons (Fsp3) is 0.278. The van der Waals surface area contributed by atoms with Crippen molar-refractivity contribution in [3.05, 3.63) is 65.2 Å². The van der Waals surface area contributed by atoms with E-state index in [1.54, 1.807) is 18.0 Å². The van der Waals surface area contributed by atoms with Gasteiger partial charge < -0.3 is 9.84 Å². The fourth-order valence-electron chi connectivity index (χ4n) is 2.30. The highest BCUT2D eigenvalue weighted by Crippen LogP contribution is 2.30. The van der Waals surface area contributed by atoms with Crippen LogP contribution in [0.1, 0.15) is 18.1 Å². The summed E-state index contributed by atoms with van der Waals surface area (Å²) >= 11 is 6.17. The Bertz CT molecular complexity index is 633. The summed E-state index contributed by atoms with van der Waals surface area (Å²) in [5, 5.41) is 9.41. The second-order valence-corrected chi connectivity index (χ2v) is 5.77. The van der Waals surface area contributed by atoms with Crippen LogP contribution in [0.25, 0.3) is 0 Å².